The first-order chi connectivity index (χ1) is 28.3. The lowest BCUT2D eigenvalue weighted by Gasteiger charge is -2.26. The summed E-state index contributed by atoms with van der Waals surface area (Å²) < 4.78 is 0. The zero-order chi connectivity index (χ0) is 38.0. The Labute approximate surface area is 334 Å². The summed E-state index contributed by atoms with van der Waals surface area (Å²) in [5.41, 5.74) is 15.4. The smallest absolute Gasteiger partial charge is 0.0468 e. The van der Waals surface area contributed by atoms with Gasteiger partial charge in [-0.15, -0.1) is 0 Å². The predicted octanol–water partition coefficient (Wildman–Crippen LogP) is 15.8. The fourth-order valence-corrected chi connectivity index (χ4v) is 8.23. The molecule has 0 fully saturated rings. The van der Waals surface area contributed by atoms with Crippen LogP contribution in [0.25, 0.3) is 77.2 Å². The lowest BCUT2D eigenvalue weighted by Crippen LogP contribution is -2.09. The minimum absolute atomic E-state index is 1.10. The van der Waals surface area contributed by atoms with Crippen LogP contribution >= 0.6 is 0 Å². The SMILES string of the molecule is c1ccc(-c2ccccc2-c2ccccc2-c2ccccc2-c2ccc(N(c3ccc(-c4ccc5ccccc5c4)cc3)c3ccc4ccccc4c3)cc2)cc1. The molecule has 0 spiro atoms. The summed E-state index contributed by atoms with van der Waals surface area (Å²) >= 11 is 0. The van der Waals surface area contributed by atoms with Crippen LogP contribution in [-0.4, -0.2) is 0 Å². The highest BCUT2D eigenvalue weighted by atomic mass is 15.1. The average molecular weight is 726 g/mol. The fraction of sp³-hybridized carbons (Fsp3) is 0. The van der Waals surface area contributed by atoms with Gasteiger partial charge in [0, 0.05) is 17.1 Å². The molecule has 0 amide bonds. The Kier molecular flexibility index (Phi) is 8.95. The summed E-state index contributed by atoms with van der Waals surface area (Å²) in [4.78, 5) is 2.36. The zero-order valence-corrected chi connectivity index (χ0v) is 31.5. The monoisotopic (exact) mass is 725 g/mol. The van der Waals surface area contributed by atoms with Gasteiger partial charge >= 0.3 is 0 Å². The van der Waals surface area contributed by atoms with Crippen molar-refractivity contribution in [3.05, 3.63) is 237 Å². The second-order valence-corrected chi connectivity index (χ2v) is 14.5. The third kappa shape index (κ3) is 6.66. The van der Waals surface area contributed by atoms with Crippen LogP contribution in [0.2, 0.25) is 0 Å². The molecule has 0 radical (unpaired) electrons. The van der Waals surface area contributed by atoms with Crippen LogP contribution in [0.5, 0.6) is 0 Å². The Morgan fingerprint density at radius 1 is 0.193 bits per heavy atom. The van der Waals surface area contributed by atoms with E-state index in [1.807, 2.05) is 0 Å². The molecule has 57 heavy (non-hydrogen) atoms. The molecule has 10 rings (SSSR count). The van der Waals surface area contributed by atoms with Crippen molar-refractivity contribution in [2.45, 2.75) is 0 Å². The second kappa shape index (κ2) is 15.0. The average Bonchev–Trinajstić information content (AvgIpc) is 3.30. The van der Waals surface area contributed by atoms with Gasteiger partial charge in [0.1, 0.15) is 0 Å². The Balaban J connectivity index is 1.04. The van der Waals surface area contributed by atoms with Crippen molar-refractivity contribution in [1.29, 1.82) is 0 Å². The van der Waals surface area contributed by atoms with Crippen LogP contribution in [0, 0.1) is 0 Å². The summed E-state index contributed by atoms with van der Waals surface area (Å²) in [6, 6.07) is 85.6. The number of hydrogen-bond donors (Lipinski definition) is 0. The van der Waals surface area contributed by atoms with E-state index in [-0.39, 0.29) is 0 Å². The van der Waals surface area contributed by atoms with Gasteiger partial charge in [-0.05, 0) is 120 Å². The van der Waals surface area contributed by atoms with Crippen molar-refractivity contribution in [1.82, 2.24) is 0 Å². The highest BCUT2D eigenvalue weighted by Crippen LogP contribution is 2.43. The van der Waals surface area contributed by atoms with Crippen LogP contribution in [0.4, 0.5) is 17.1 Å². The molecule has 10 aromatic carbocycles. The van der Waals surface area contributed by atoms with Gasteiger partial charge in [-0.2, -0.15) is 0 Å². The fourth-order valence-electron chi connectivity index (χ4n) is 8.23. The molecule has 0 heterocycles. The largest absolute Gasteiger partial charge is 0.310 e. The molecule has 0 bridgehead atoms. The van der Waals surface area contributed by atoms with Gasteiger partial charge < -0.3 is 4.90 Å². The third-order valence-electron chi connectivity index (χ3n) is 11.1. The summed E-state index contributed by atoms with van der Waals surface area (Å²) in [6.45, 7) is 0. The van der Waals surface area contributed by atoms with E-state index in [0.29, 0.717) is 0 Å². The summed E-state index contributed by atoms with van der Waals surface area (Å²) in [6.07, 6.45) is 0. The summed E-state index contributed by atoms with van der Waals surface area (Å²) in [5.74, 6) is 0. The van der Waals surface area contributed by atoms with Gasteiger partial charge in [0.15, 0.2) is 0 Å². The lowest BCUT2D eigenvalue weighted by atomic mass is 9.87. The van der Waals surface area contributed by atoms with Crippen molar-refractivity contribution in [3.63, 3.8) is 0 Å². The molecule has 10 aromatic rings. The van der Waals surface area contributed by atoms with E-state index in [4.69, 9.17) is 0 Å². The van der Waals surface area contributed by atoms with E-state index in [2.05, 4.69) is 241 Å². The predicted molar refractivity (Wildman–Crippen MR) is 243 cm³/mol. The van der Waals surface area contributed by atoms with Gasteiger partial charge in [0.2, 0.25) is 0 Å². The van der Waals surface area contributed by atoms with Crippen molar-refractivity contribution in [3.8, 4) is 55.6 Å². The number of fused-ring (bicyclic) bond motifs is 2. The highest BCUT2D eigenvalue weighted by Gasteiger charge is 2.17. The minimum atomic E-state index is 1.10. The maximum Gasteiger partial charge on any atom is 0.0468 e. The molecule has 0 aromatic heterocycles. The van der Waals surface area contributed by atoms with E-state index in [0.717, 1.165) is 17.1 Å². The van der Waals surface area contributed by atoms with Crippen LogP contribution in [0.15, 0.2) is 237 Å². The number of anilines is 3. The van der Waals surface area contributed by atoms with Crippen molar-refractivity contribution in [2.24, 2.45) is 0 Å². The van der Waals surface area contributed by atoms with E-state index in [1.54, 1.807) is 0 Å². The van der Waals surface area contributed by atoms with E-state index in [1.165, 1.54) is 77.2 Å². The highest BCUT2D eigenvalue weighted by molar-refractivity contribution is 5.96. The molecule has 0 N–H and O–H groups in total. The first-order valence-electron chi connectivity index (χ1n) is 19.6. The van der Waals surface area contributed by atoms with Crippen LogP contribution < -0.4 is 4.90 Å². The van der Waals surface area contributed by atoms with Crippen LogP contribution in [0.1, 0.15) is 0 Å². The molecule has 0 unspecified atom stereocenters. The van der Waals surface area contributed by atoms with Crippen molar-refractivity contribution < 1.29 is 0 Å². The first kappa shape index (κ1) is 34.0. The zero-order valence-electron chi connectivity index (χ0n) is 31.5. The molecule has 0 saturated heterocycles. The molecular formula is C56H39N. The molecule has 0 saturated carbocycles. The maximum absolute atomic E-state index is 2.36. The van der Waals surface area contributed by atoms with Crippen LogP contribution in [0.3, 0.4) is 0 Å². The molecule has 1 nitrogen and oxygen atoms in total. The number of benzene rings is 10. The van der Waals surface area contributed by atoms with E-state index < -0.39 is 0 Å². The minimum Gasteiger partial charge on any atom is -0.310 e. The Morgan fingerprint density at radius 3 is 1.09 bits per heavy atom. The number of hydrogen-bond acceptors (Lipinski definition) is 1. The summed E-state index contributed by atoms with van der Waals surface area (Å²) in [7, 11) is 0. The van der Waals surface area contributed by atoms with Gasteiger partial charge in [0.25, 0.3) is 0 Å². The van der Waals surface area contributed by atoms with Gasteiger partial charge in [0.05, 0.1) is 0 Å². The van der Waals surface area contributed by atoms with Gasteiger partial charge in [-0.3, -0.25) is 0 Å². The van der Waals surface area contributed by atoms with Gasteiger partial charge in [-0.25, -0.2) is 0 Å². The molecular weight excluding hydrogens is 687 g/mol. The molecule has 268 valence electrons. The topological polar surface area (TPSA) is 3.24 Å². The lowest BCUT2D eigenvalue weighted by molar-refractivity contribution is 1.29. The third-order valence-corrected chi connectivity index (χ3v) is 11.1. The molecule has 1 heteroatoms. The Bertz CT molecular complexity index is 3000. The quantitative estimate of drug-likeness (QED) is 0.151. The summed E-state index contributed by atoms with van der Waals surface area (Å²) in [5, 5.41) is 4.94. The molecule has 0 aliphatic heterocycles. The number of rotatable bonds is 8. The Hall–Kier alpha value is -7.48. The number of nitrogens with zero attached hydrogens (tertiary/aromatic N) is 1. The van der Waals surface area contributed by atoms with E-state index in [9.17, 15) is 0 Å². The Morgan fingerprint density at radius 2 is 0.544 bits per heavy atom. The first-order valence-corrected chi connectivity index (χ1v) is 19.6. The molecule has 0 aliphatic rings. The van der Waals surface area contributed by atoms with E-state index >= 15 is 0 Å². The molecule has 0 aliphatic carbocycles. The molecule has 0 atom stereocenters. The normalized spacial score (nSPS) is 11.2. The maximum atomic E-state index is 2.36. The van der Waals surface area contributed by atoms with Crippen molar-refractivity contribution >= 4 is 38.6 Å². The van der Waals surface area contributed by atoms with Crippen LogP contribution in [-0.2, 0) is 0 Å². The van der Waals surface area contributed by atoms with Crippen molar-refractivity contribution in [2.75, 3.05) is 4.90 Å². The second-order valence-electron chi connectivity index (χ2n) is 14.5. The standard InChI is InChI=1S/C56H39N/c1-2-16-43(17-3-1)51-20-8-10-22-53(51)55-24-12-13-25-56(55)54-23-11-9-21-52(54)44-31-35-49(36-32-44)57(50-37-30-41-15-5-7-19-46(41)39-50)48-33-28-42(29-34-48)47-27-26-40-14-4-6-18-45(40)38-47/h1-39H. The van der Waals surface area contributed by atoms with Gasteiger partial charge in [-0.1, -0.05) is 194 Å².